The molecule has 2 N–H and O–H groups in total. The Morgan fingerprint density at radius 1 is 0.950 bits per heavy atom. The maximum absolute atomic E-state index is 10.2. The van der Waals surface area contributed by atoms with E-state index in [2.05, 4.69) is 12.1 Å². The van der Waals surface area contributed by atoms with E-state index < -0.39 is 5.97 Å². The van der Waals surface area contributed by atoms with Crippen LogP contribution in [-0.2, 0) is 11.2 Å². The summed E-state index contributed by atoms with van der Waals surface area (Å²) in [4.78, 5) is 10.2. The summed E-state index contributed by atoms with van der Waals surface area (Å²) >= 11 is 0. The van der Waals surface area contributed by atoms with Gasteiger partial charge in [0.25, 0.3) is 0 Å². The molecule has 0 radical (unpaired) electrons. The number of benzene rings is 1. The summed E-state index contributed by atoms with van der Waals surface area (Å²) in [5, 5.41) is 17.2. The number of phenolic OH excluding ortho intramolecular Hbond substituents is 1. The predicted octanol–water partition coefficient (Wildman–Crippen LogP) is 3.71. The van der Waals surface area contributed by atoms with Crippen molar-refractivity contribution in [3.05, 3.63) is 74.4 Å². The van der Waals surface area contributed by atoms with Gasteiger partial charge in [-0.05, 0) is 0 Å². The first kappa shape index (κ1) is 49.6. The molecule has 0 aromatic heterocycles. The third kappa shape index (κ3) is 24.3. The van der Waals surface area contributed by atoms with Crippen LogP contribution < -0.4 is 0 Å². The molecule has 0 atom stereocenters. The number of aliphatic carboxylic acids is 1. The van der Waals surface area contributed by atoms with Crippen molar-refractivity contribution in [2.45, 2.75) is 12.8 Å². The van der Waals surface area contributed by atoms with Crippen molar-refractivity contribution in [1.29, 1.82) is 0 Å². The minimum atomic E-state index is -0.830. The minimum Gasteiger partial charge on any atom is -0.559 e. The molecule has 0 aliphatic heterocycles. The SMILES string of the molecule is O=C(O)CCc1c[c-]c(O)[c-]c1.[CH3-].[CH3-].[CH3-].[CH3-].[CH3-].[CH3-].[Ce+4].[Ce+4]. The summed E-state index contributed by atoms with van der Waals surface area (Å²) in [5.74, 6) is -0.878. The first-order valence-corrected chi connectivity index (χ1v) is 3.51. The summed E-state index contributed by atoms with van der Waals surface area (Å²) in [7, 11) is 0. The summed E-state index contributed by atoms with van der Waals surface area (Å²) in [6.45, 7) is 0. The predicted molar refractivity (Wildman–Crippen MR) is 80.2 cm³/mol. The first-order valence-electron chi connectivity index (χ1n) is 3.51. The largest absolute Gasteiger partial charge is 4.00 e. The fourth-order valence-corrected chi connectivity index (χ4v) is 0.801. The zero-order valence-electron chi connectivity index (χ0n) is 13.4. The van der Waals surface area contributed by atoms with Gasteiger partial charge in [-0.25, -0.2) is 0 Å². The summed E-state index contributed by atoms with van der Waals surface area (Å²) in [5.41, 5.74) is 0.815. The molecule has 0 bridgehead atoms. The molecule has 1 rings (SSSR count). The summed E-state index contributed by atoms with van der Waals surface area (Å²) in [6.07, 6.45) is 0.537. The molecule has 0 spiro atoms. The van der Waals surface area contributed by atoms with Gasteiger partial charge < -0.3 is 66.9 Å². The number of phenols is 1. The van der Waals surface area contributed by atoms with Crippen LogP contribution in [0.25, 0.3) is 0 Å². The molecule has 0 unspecified atom stereocenters. The molecular weight excluding hydrogens is 508 g/mol. The van der Waals surface area contributed by atoms with Gasteiger partial charge in [0.05, 0.1) is 0 Å². The molecule has 1 aromatic rings. The third-order valence-electron chi connectivity index (χ3n) is 1.42. The number of carbonyl (C=O) groups is 1. The smallest absolute Gasteiger partial charge is 0.559 e. The molecule has 0 fully saturated rings. The van der Waals surface area contributed by atoms with E-state index >= 15 is 0 Å². The van der Waals surface area contributed by atoms with Crippen molar-refractivity contribution in [2.75, 3.05) is 0 Å². The molecule has 20 heavy (non-hydrogen) atoms. The molecule has 1 aromatic carbocycles. The molecule has 3 nitrogen and oxygen atoms in total. The monoisotopic (exact) mass is 534 g/mol. The number of carboxylic acids is 1. The van der Waals surface area contributed by atoms with E-state index in [0.717, 1.165) is 5.56 Å². The van der Waals surface area contributed by atoms with Gasteiger partial charge in [-0.3, -0.25) is 22.5 Å². The van der Waals surface area contributed by atoms with Crippen LogP contribution in [-0.4, -0.2) is 16.2 Å². The maximum Gasteiger partial charge on any atom is 4.00 e. The van der Waals surface area contributed by atoms with Gasteiger partial charge in [0.2, 0.25) is 0 Å². The van der Waals surface area contributed by atoms with E-state index in [1.165, 1.54) is 0 Å². The fraction of sp³-hybridized carbons (Fsp3) is 0.133. The fourth-order valence-electron chi connectivity index (χ4n) is 0.801. The quantitative estimate of drug-likeness (QED) is 0.582. The van der Waals surface area contributed by atoms with E-state index in [1.54, 1.807) is 12.1 Å². The summed E-state index contributed by atoms with van der Waals surface area (Å²) < 4.78 is 0. The molecule has 0 aliphatic carbocycles. The van der Waals surface area contributed by atoms with Crippen LogP contribution in [0.1, 0.15) is 12.0 Å². The Labute approximate surface area is 194 Å². The van der Waals surface area contributed by atoms with Gasteiger partial charge in [-0.1, -0.05) is 0 Å². The Bertz CT molecular complexity index is 275. The normalized spacial score (nSPS) is 5.80. The van der Waals surface area contributed by atoms with Crippen LogP contribution in [0.15, 0.2) is 12.1 Å². The van der Waals surface area contributed by atoms with Crippen LogP contribution in [0.3, 0.4) is 0 Å². The number of hydrogen-bond donors (Lipinski definition) is 2. The summed E-state index contributed by atoms with van der Waals surface area (Å²) in [6, 6.07) is 8.19. The molecule has 5 heteroatoms. The van der Waals surface area contributed by atoms with Crippen molar-refractivity contribution < 1.29 is 98.5 Å². The van der Waals surface area contributed by atoms with E-state index in [-0.39, 0.29) is 140 Å². The van der Waals surface area contributed by atoms with Crippen LogP contribution >= 0.6 is 0 Å². The molecule has 0 saturated heterocycles. The molecule has 112 valence electrons. The van der Waals surface area contributed by atoms with Crippen LogP contribution in [0.5, 0.6) is 5.75 Å². The maximum atomic E-state index is 10.2. The topological polar surface area (TPSA) is 57.5 Å². The number of carboxylic acid groups (broad SMARTS) is 1. The van der Waals surface area contributed by atoms with E-state index in [9.17, 15) is 4.79 Å². The number of rotatable bonds is 3. The van der Waals surface area contributed by atoms with Crippen LogP contribution in [0, 0.1) is 140 Å². The Kier molecular flexibility index (Phi) is 70.5. The first-order chi connectivity index (χ1) is 5.68. The average Bonchev–Trinajstić information content (AvgIpc) is 2.03. The van der Waals surface area contributed by atoms with Gasteiger partial charge in [0.15, 0.2) is 0 Å². The van der Waals surface area contributed by atoms with E-state index in [4.69, 9.17) is 10.2 Å². The van der Waals surface area contributed by atoms with Gasteiger partial charge in [0.1, 0.15) is 0 Å². The van der Waals surface area contributed by atoms with Crippen LogP contribution in [0.2, 0.25) is 0 Å². The zero-order chi connectivity index (χ0) is 8.97. The Morgan fingerprint density at radius 2 is 1.30 bits per heavy atom. The van der Waals surface area contributed by atoms with Crippen LogP contribution in [0.4, 0.5) is 0 Å². The van der Waals surface area contributed by atoms with Crippen molar-refractivity contribution in [2.24, 2.45) is 0 Å². The molecule has 0 saturated carbocycles. The van der Waals surface area contributed by atoms with Gasteiger partial charge >= 0.3 is 89.5 Å². The average molecular weight is 535 g/mol. The van der Waals surface area contributed by atoms with Crippen molar-refractivity contribution >= 4 is 5.97 Å². The number of aromatic hydroxyl groups is 1. The van der Waals surface area contributed by atoms with Gasteiger partial charge in [-0.15, -0.1) is 12.2 Å². The van der Waals surface area contributed by atoms with Gasteiger partial charge in [0, 0.05) is 6.42 Å². The van der Waals surface area contributed by atoms with Gasteiger partial charge in [-0.2, -0.15) is 0 Å². The minimum absolute atomic E-state index is 0. The second-order valence-electron chi connectivity index (χ2n) is 2.39. The molecule has 0 heterocycles. The Balaban J connectivity index is -0.0000000300. The van der Waals surface area contributed by atoms with E-state index in [1.807, 2.05) is 0 Å². The van der Waals surface area contributed by atoms with E-state index in [0.29, 0.717) is 6.42 Å². The molecule has 0 aliphatic rings. The standard InChI is InChI=1S/C9H8O3.6CH3.2Ce/c10-8-4-1-7(2-5-8)3-6-9(11)12;;;;;;;;/h1-2,10H,3,6H2,(H,11,12);6*1H3;;/q-2;6*-1;2*+4. The third-order valence-corrected chi connectivity index (χ3v) is 1.42. The Morgan fingerprint density at radius 3 is 1.60 bits per heavy atom. The second-order valence-corrected chi connectivity index (χ2v) is 2.39. The number of hydrogen-bond acceptors (Lipinski definition) is 2. The molecule has 0 amide bonds. The number of aryl methyl sites for hydroxylation is 1. The Hall–Kier alpha value is 1.24. The van der Waals surface area contributed by atoms with Crippen molar-refractivity contribution in [3.8, 4) is 5.75 Å². The van der Waals surface area contributed by atoms with Crippen molar-refractivity contribution in [3.63, 3.8) is 0 Å². The van der Waals surface area contributed by atoms with Crippen molar-refractivity contribution in [1.82, 2.24) is 0 Å². The second kappa shape index (κ2) is 28.4. The zero-order valence-corrected chi connectivity index (χ0v) is 19.7. The molecular formula is C15H26Ce2O3.